The van der Waals surface area contributed by atoms with Gasteiger partial charge in [0, 0.05) is 67.4 Å². The maximum Gasteiger partial charge on any atom is 0.0871 e. The van der Waals surface area contributed by atoms with Crippen LogP contribution in [0.15, 0.2) is 54.0 Å². The van der Waals surface area contributed by atoms with Crippen LogP contribution in [-0.2, 0) is 10.2 Å². The van der Waals surface area contributed by atoms with Gasteiger partial charge in [-0.2, -0.15) is 0 Å². The number of hydrogen-bond donors (Lipinski definition) is 1. The topological polar surface area (TPSA) is 45.6 Å². The zero-order valence-corrected chi connectivity index (χ0v) is 22.1. The van der Waals surface area contributed by atoms with Gasteiger partial charge in [0.15, 0.2) is 0 Å². The predicted molar refractivity (Wildman–Crippen MR) is 142 cm³/mol. The Kier molecular flexibility index (Phi) is 6.18. The van der Waals surface area contributed by atoms with Gasteiger partial charge >= 0.3 is 0 Å². The quantitative estimate of drug-likeness (QED) is 0.482. The van der Waals surface area contributed by atoms with Gasteiger partial charge in [-0.15, -0.1) is 0 Å². The molecule has 0 saturated heterocycles. The minimum Gasteiger partial charge on any atom is -0.513 e. The highest BCUT2D eigenvalue weighted by atomic mass is 16.5. The third-order valence-corrected chi connectivity index (χ3v) is 7.59. The van der Waals surface area contributed by atoms with Crippen LogP contribution in [0.1, 0.15) is 77.0 Å². The van der Waals surface area contributed by atoms with Crippen molar-refractivity contribution in [3.8, 4) is 0 Å². The molecule has 0 spiro atoms. The fourth-order valence-corrected chi connectivity index (χ4v) is 6.24. The third kappa shape index (κ3) is 3.96. The monoisotopic (exact) mass is 460 g/mol. The zero-order chi connectivity index (χ0) is 25.0. The Morgan fingerprint density at radius 3 is 2.65 bits per heavy atom. The number of aromatic nitrogens is 1. The Bertz CT molecular complexity index is 1200. The van der Waals surface area contributed by atoms with E-state index >= 15 is 0 Å². The normalized spacial score (nSPS) is 22.9. The first-order valence-corrected chi connectivity index (χ1v) is 12.3. The summed E-state index contributed by atoms with van der Waals surface area (Å²) in [5, 5.41) is 11.4. The van der Waals surface area contributed by atoms with E-state index in [4.69, 9.17) is 9.72 Å². The van der Waals surface area contributed by atoms with E-state index in [0.29, 0.717) is 13.0 Å². The van der Waals surface area contributed by atoms with E-state index in [-0.39, 0.29) is 28.5 Å². The van der Waals surface area contributed by atoms with Gasteiger partial charge in [-0.25, -0.2) is 0 Å². The van der Waals surface area contributed by atoms with Crippen LogP contribution in [0.5, 0.6) is 0 Å². The fourth-order valence-electron chi connectivity index (χ4n) is 6.24. The zero-order valence-electron chi connectivity index (χ0n) is 22.1. The molecule has 34 heavy (non-hydrogen) atoms. The van der Waals surface area contributed by atoms with Crippen LogP contribution in [0.25, 0.3) is 16.6 Å². The number of likely N-dealkylation sites (N-methyl/N-ethyl adjacent to an activating group) is 1. The molecular weight excluding hydrogens is 420 g/mol. The van der Waals surface area contributed by atoms with Crippen LogP contribution in [-0.4, -0.2) is 41.8 Å². The standard InChI is InChI=1S/C30H40N2O2/c1-18(33)15-24-21(12-14-34-9)22-16-20-11-10-13-31-27(20)26-25(22)28(32(24)8)19(2)23(30(26,6)7)17-29(3,4)5/h10-11,13,16-17,21,24,33H,1,12,14-15H2,2-9H3/b23-17+. The highest BCUT2D eigenvalue weighted by Gasteiger charge is 2.46. The first-order chi connectivity index (χ1) is 15.9. The summed E-state index contributed by atoms with van der Waals surface area (Å²) in [7, 11) is 3.93. The Morgan fingerprint density at radius 2 is 2.03 bits per heavy atom. The average Bonchev–Trinajstić information content (AvgIpc) is 2.74. The Morgan fingerprint density at radius 1 is 1.32 bits per heavy atom. The van der Waals surface area contributed by atoms with Gasteiger partial charge in [-0.1, -0.05) is 53.3 Å². The number of pyridine rings is 1. The number of allylic oxidation sites excluding steroid dienone is 3. The summed E-state index contributed by atoms with van der Waals surface area (Å²) in [6.45, 7) is 18.3. The van der Waals surface area contributed by atoms with Gasteiger partial charge in [0.1, 0.15) is 0 Å². The summed E-state index contributed by atoms with van der Waals surface area (Å²) in [5.74, 6) is 0.443. The number of benzene rings is 1. The van der Waals surface area contributed by atoms with Crippen LogP contribution in [0.2, 0.25) is 0 Å². The maximum absolute atomic E-state index is 10.3. The first-order valence-electron chi connectivity index (χ1n) is 12.3. The molecule has 2 aromatic rings. The van der Waals surface area contributed by atoms with Gasteiger partial charge in [-0.05, 0) is 53.2 Å². The number of fused-ring (bicyclic) bond motifs is 2. The van der Waals surface area contributed by atoms with Crippen LogP contribution < -0.4 is 0 Å². The molecular formula is C30H40N2O2. The van der Waals surface area contributed by atoms with Crippen LogP contribution in [0.3, 0.4) is 0 Å². The Labute approximate surface area is 205 Å². The number of aliphatic hydroxyl groups excluding tert-OH is 1. The van der Waals surface area contributed by atoms with Crippen molar-refractivity contribution in [3.05, 3.63) is 70.6 Å². The molecule has 0 fully saturated rings. The number of aliphatic hydroxyl groups is 1. The van der Waals surface area contributed by atoms with E-state index < -0.39 is 0 Å². The van der Waals surface area contributed by atoms with E-state index in [9.17, 15) is 5.11 Å². The molecule has 4 heteroatoms. The third-order valence-electron chi connectivity index (χ3n) is 7.59. The second-order valence-electron chi connectivity index (χ2n) is 11.7. The highest BCUT2D eigenvalue weighted by molar-refractivity contribution is 5.95. The Balaban J connectivity index is 2.15. The molecule has 0 radical (unpaired) electrons. The average molecular weight is 461 g/mol. The van der Waals surface area contributed by atoms with Crippen molar-refractivity contribution < 1.29 is 9.84 Å². The molecule has 2 atom stereocenters. The molecule has 2 unspecified atom stereocenters. The molecule has 0 amide bonds. The lowest BCUT2D eigenvalue weighted by Gasteiger charge is -2.50. The van der Waals surface area contributed by atoms with Crippen molar-refractivity contribution in [2.45, 2.75) is 71.8 Å². The van der Waals surface area contributed by atoms with Gasteiger partial charge in [0.25, 0.3) is 0 Å². The minimum atomic E-state index is -0.196. The molecule has 2 aliphatic rings. The predicted octanol–water partition coefficient (Wildman–Crippen LogP) is 7.13. The summed E-state index contributed by atoms with van der Waals surface area (Å²) in [5.41, 5.74) is 8.83. The molecule has 1 N–H and O–H groups in total. The largest absolute Gasteiger partial charge is 0.513 e. The van der Waals surface area contributed by atoms with E-state index in [1.54, 1.807) is 7.11 Å². The van der Waals surface area contributed by atoms with Crippen molar-refractivity contribution in [2.24, 2.45) is 5.41 Å². The number of ether oxygens (including phenoxy) is 1. The Hall–Kier alpha value is -2.59. The summed E-state index contributed by atoms with van der Waals surface area (Å²) in [6, 6.07) is 6.64. The van der Waals surface area contributed by atoms with Crippen molar-refractivity contribution in [2.75, 3.05) is 20.8 Å². The van der Waals surface area contributed by atoms with Gasteiger partial charge in [-0.3, -0.25) is 4.98 Å². The molecule has 2 heterocycles. The second-order valence-corrected chi connectivity index (χ2v) is 11.7. The van der Waals surface area contributed by atoms with E-state index in [1.165, 1.54) is 38.9 Å². The van der Waals surface area contributed by atoms with Crippen LogP contribution in [0, 0.1) is 5.41 Å². The number of hydrogen-bond acceptors (Lipinski definition) is 4. The molecule has 4 nitrogen and oxygen atoms in total. The molecule has 0 saturated carbocycles. The second kappa shape index (κ2) is 8.57. The van der Waals surface area contributed by atoms with E-state index in [2.05, 4.69) is 78.3 Å². The van der Waals surface area contributed by atoms with Crippen molar-refractivity contribution in [1.82, 2.24) is 9.88 Å². The molecule has 1 aliphatic heterocycles. The molecule has 4 rings (SSSR count). The molecule has 1 aromatic carbocycles. The van der Waals surface area contributed by atoms with Gasteiger partial charge in [0.05, 0.1) is 11.3 Å². The summed E-state index contributed by atoms with van der Waals surface area (Å²) >= 11 is 0. The SMILES string of the molecule is C=C(O)CC1C(CCOC)c2cc3cccnc3c3c2C(=C(C)/C(=C\C(C)(C)C)C3(C)C)N1C. The van der Waals surface area contributed by atoms with Crippen molar-refractivity contribution in [3.63, 3.8) is 0 Å². The lowest BCUT2D eigenvalue weighted by Crippen LogP contribution is -2.44. The van der Waals surface area contributed by atoms with Crippen molar-refractivity contribution in [1.29, 1.82) is 0 Å². The molecule has 182 valence electrons. The number of nitrogens with zero attached hydrogens (tertiary/aromatic N) is 2. The lowest BCUT2D eigenvalue weighted by molar-refractivity contribution is 0.163. The minimum absolute atomic E-state index is 0.0415. The van der Waals surface area contributed by atoms with Crippen LogP contribution >= 0.6 is 0 Å². The van der Waals surface area contributed by atoms with Gasteiger partial charge in [0.2, 0.25) is 0 Å². The molecule has 0 bridgehead atoms. The molecule has 1 aromatic heterocycles. The fraction of sp³-hybridized carbons (Fsp3) is 0.500. The number of methoxy groups -OCH3 is 1. The number of rotatable bonds is 5. The van der Waals surface area contributed by atoms with E-state index in [1.807, 2.05) is 12.3 Å². The lowest BCUT2D eigenvalue weighted by atomic mass is 9.62. The molecule has 1 aliphatic carbocycles. The summed E-state index contributed by atoms with van der Waals surface area (Å²) in [4.78, 5) is 7.30. The highest BCUT2D eigenvalue weighted by Crippen LogP contribution is 2.56. The smallest absolute Gasteiger partial charge is 0.0871 e. The maximum atomic E-state index is 10.3. The van der Waals surface area contributed by atoms with E-state index in [0.717, 1.165) is 11.9 Å². The first kappa shape index (κ1) is 24.5. The summed E-state index contributed by atoms with van der Waals surface area (Å²) < 4.78 is 5.53. The van der Waals surface area contributed by atoms with Crippen molar-refractivity contribution >= 4 is 16.6 Å². The summed E-state index contributed by atoms with van der Waals surface area (Å²) in [6.07, 6.45) is 5.76. The van der Waals surface area contributed by atoms with Gasteiger partial charge < -0.3 is 14.7 Å². The van der Waals surface area contributed by atoms with Crippen LogP contribution in [0.4, 0.5) is 0 Å².